The van der Waals surface area contributed by atoms with Crippen LogP contribution in [0.2, 0.25) is 0 Å². The van der Waals surface area contributed by atoms with E-state index in [1.54, 1.807) is 11.8 Å². The molecule has 1 unspecified atom stereocenters. The predicted octanol–water partition coefficient (Wildman–Crippen LogP) is 2.72. The fourth-order valence-corrected chi connectivity index (χ4v) is 3.87. The molecule has 2 aromatic carbocycles. The number of thioether (sulfide) groups is 1. The number of anilines is 1. The summed E-state index contributed by atoms with van der Waals surface area (Å²) < 4.78 is 6.88. The fourth-order valence-electron chi connectivity index (χ4n) is 2.89. The second kappa shape index (κ2) is 7.17. The molecule has 8 heteroatoms. The van der Waals surface area contributed by atoms with Crippen LogP contribution in [0.25, 0.3) is 5.69 Å². The van der Waals surface area contributed by atoms with Crippen LogP contribution in [0.3, 0.4) is 0 Å². The molecule has 0 spiro atoms. The number of hydrogen-bond donors (Lipinski definition) is 1. The van der Waals surface area contributed by atoms with E-state index in [-0.39, 0.29) is 11.2 Å². The molecule has 0 fully saturated rings. The van der Waals surface area contributed by atoms with Gasteiger partial charge in [0.25, 0.3) is 0 Å². The van der Waals surface area contributed by atoms with Crippen LogP contribution in [0, 0.1) is 0 Å². The van der Waals surface area contributed by atoms with Crippen molar-refractivity contribution in [3.63, 3.8) is 0 Å². The smallest absolute Gasteiger partial charge is 0.237 e. The Labute approximate surface area is 154 Å². The Morgan fingerprint density at radius 3 is 3.00 bits per heavy atom. The molecule has 0 aliphatic carbocycles. The van der Waals surface area contributed by atoms with Gasteiger partial charge in [0.05, 0.1) is 18.0 Å². The van der Waals surface area contributed by atoms with Gasteiger partial charge in [-0.25, -0.2) is 0 Å². The Morgan fingerprint density at radius 2 is 2.12 bits per heavy atom. The van der Waals surface area contributed by atoms with E-state index in [9.17, 15) is 4.79 Å². The van der Waals surface area contributed by atoms with Gasteiger partial charge in [0, 0.05) is 11.8 Å². The first kappa shape index (κ1) is 16.6. The first-order valence-electron chi connectivity index (χ1n) is 8.23. The quantitative estimate of drug-likeness (QED) is 0.764. The van der Waals surface area contributed by atoms with E-state index in [2.05, 4.69) is 20.8 Å². The van der Waals surface area contributed by atoms with Crippen molar-refractivity contribution in [1.82, 2.24) is 20.2 Å². The summed E-state index contributed by atoms with van der Waals surface area (Å²) in [6.45, 7) is 0. The van der Waals surface area contributed by atoms with Gasteiger partial charge in [0.1, 0.15) is 5.75 Å². The summed E-state index contributed by atoms with van der Waals surface area (Å²) in [5, 5.41) is 15.3. The van der Waals surface area contributed by atoms with Gasteiger partial charge in [0.2, 0.25) is 11.1 Å². The molecule has 26 heavy (non-hydrogen) atoms. The Hall–Kier alpha value is -2.87. The van der Waals surface area contributed by atoms with E-state index in [1.807, 2.05) is 48.5 Å². The highest BCUT2D eigenvalue weighted by atomic mass is 32.2. The highest BCUT2D eigenvalue weighted by molar-refractivity contribution is 8.00. The van der Waals surface area contributed by atoms with Crippen LogP contribution >= 0.6 is 11.8 Å². The van der Waals surface area contributed by atoms with Gasteiger partial charge in [-0.3, -0.25) is 4.79 Å². The van der Waals surface area contributed by atoms with E-state index in [1.165, 1.54) is 11.8 Å². The number of hydrogen-bond acceptors (Lipinski definition) is 6. The molecule has 1 aromatic heterocycles. The number of ether oxygens (including phenoxy) is 1. The molecule has 0 radical (unpaired) electrons. The maximum absolute atomic E-state index is 12.6. The number of aromatic nitrogens is 4. The Balaban J connectivity index is 1.57. The molecule has 2 heterocycles. The van der Waals surface area contributed by atoms with Crippen molar-refractivity contribution in [2.45, 2.75) is 23.2 Å². The van der Waals surface area contributed by atoms with Crippen molar-refractivity contribution in [3.05, 3.63) is 54.1 Å². The zero-order valence-electron chi connectivity index (χ0n) is 14.1. The molecule has 132 valence electrons. The van der Waals surface area contributed by atoms with Gasteiger partial charge in [-0.05, 0) is 47.0 Å². The lowest BCUT2D eigenvalue weighted by Crippen LogP contribution is -2.24. The van der Waals surface area contributed by atoms with Crippen molar-refractivity contribution in [2.75, 3.05) is 12.4 Å². The number of carbonyl (C=O) groups is 1. The standard InChI is InChI=1S/C18H17N5O2S/c1-25-14-7-4-6-13(11-14)23-18(20-21-22-23)26-16-10-9-12-5-2-3-8-15(12)19-17(16)24/h2-8,11,16H,9-10H2,1H3,(H,19,24). The summed E-state index contributed by atoms with van der Waals surface area (Å²) in [5.74, 6) is 0.691. The molecule has 4 rings (SSSR count). The summed E-state index contributed by atoms with van der Waals surface area (Å²) in [6.07, 6.45) is 1.55. The number of tetrazole rings is 1. The largest absolute Gasteiger partial charge is 0.497 e. The summed E-state index contributed by atoms with van der Waals surface area (Å²) in [5.41, 5.74) is 2.82. The predicted molar refractivity (Wildman–Crippen MR) is 98.7 cm³/mol. The van der Waals surface area contributed by atoms with Crippen LogP contribution < -0.4 is 10.1 Å². The van der Waals surface area contributed by atoms with Gasteiger partial charge >= 0.3 is 0 Å². The second-order valence-corrected chi connectivity index (χ2v) is 7.04. The van der Waals surface area contributed by atoms with Crippen LogP contribution in [0.1, 0.15) is 12.0 Å². The third-order valence-electron chi connectivity index (χ3n) is 4.23. The van der Waals surface area contributed by atoms with Crippen LogP contribution in [0.4, 0.5) is 5.69 Å². The van der Waals surface area contributed by atoms with Crippen LogP contribution in [-0.4, -0.2) is 38.5 Å². The molecule has 3 aromatic rings. The van der Waals surface area contributed by atoms with Crippen molar-refractivity contribution < 1.29 is 9.53 Å². The number of fused-ring (bicyclic) bond motifs is 1. The number of rotatable bonds is 4. The summed E-state index contributed by atoms with van der Waals surface area (Å²) >= 11 is 1.37. The number of carbonyl (C=O) groups excluding carboxylic acids is 1. The number of para-hydroxylation sites is 1. The van der Waals surface area contributed by atoms with E-state index in [0.717, 1.165) is 35.5 Å². The summed E-state index contributed by atoms with van der Waals surface area (Å²) in [6, 6.07) is 15.4. The van der Waals surface area contributed by atoms with Crippen LogP contribution in [-0.2, 0) is 11.2 Å². The van der Waals surface area contributed by atoms with Crippen molar-refractivity contribution in [1.29, 1.82) is 0 Å². The lowest BCUT2D eigenvalue weighted by atomic mass is 10.1. The molecule has 0 saturated heterocycles. The number of nitrogens with zero attached hydrogens (tertiary/aromatic N) is 4. The molecule has 1 aliphatic heterocycles. The minimum Gasteiger partial charge on any atom is -0.497 e. The average molecular weight is 367 g/mol. The third kappa shape index (κ3) is 3.28. The molecule has 1 atom stereocenters. The highest BCUT2D eigenvalue weighted by Gasteiger charge is 2.26. The summed E-state index contributed by atoms with van der Waals surface area (Å²) in [4.78, 5) is 12.6. The van der Waals surface area contributed by atoms with Gasteiger partial charge in [-0.15, -0.1) is 5.10 Å². The van der Waals surface area contributed by atoms with Gasteiger partial charge < -0.3 is 10.1 Å². The molecular formula is C18H17N5O2S. The zero-order valence-corrected chi connectivity index (χ0v) is 14.9. The monoisotopic (exact) mass is 367 g/mol. The maximum atomic E-state index is 12.6. The molecule has 0 bridgehead atoms. The van der Waals surface area contributed by atoms with Gasteiger partial charge in [-0.1, -0.05) is 36.0 Å². The molecule has 1 aliphatic rings. The molecule has 1 N–H and O–H groups in total. The van der Waals surface area contributed by atoms with E-state index < -0.39 is 0 Å². The Morgan fingerprint density at radius 1 is 1.23 bits per heavy atom. The highest BCUT2D eigenvalue weighted by Crippen LogP contribution is 2.31. The molecule has 7 nitrogen and oxygen atoms in total. The van der Waals surface area contributed by atoms with Crippen molar-refractivity contribution >= 4 is 23.4 Å². The molecule has 1 amide bonds. The first-order valence-corrected chi connectivity index (χ1v) is 9.11. The van der Waals surface area contributed by atoms with E-state index >= 15 is 0 Å². The van der Waals surface area contributed by atoms with Crippen LogP contribution in [0.5, 0.6) is 5.75 Å². The minimum atomic E-state index is -0.266. The zero-order chi connectivity index (χ0) is 17.9. The SMILES string of the molecule is COc1cccc(-n2nnnc2SC2CCc3ccccc3NC2=O)c1. The maximum Gasteiger partial charge on any atom is 0.237 e. The normalized spacial score (nSPS) is 16.5. The minimum absolute atomic E-state index is 0.0276. The third-order valence-corrected chi connectivity index (χ3v) is 5.43. The van der Waals surface area contributed by atoms with Crippen molar-refractivity contribution in [3.8, 4) is 11.4 Å². The average Bonchev–Trinajstić information content (AvgIpc) is 3.07. The first-order chi connectivity index (χ1) is 12.7. The van der Waals surface area contributed by atoms with Crippen molar-refractivity contribution in [2.24, 2.45) is 0 Å². The molecule has 0 saturated carbocycles. The number of amides is 1. The Bertz CT molecular complexity index is 943. The number of aryl methyl sites for hydroxylation is 1. The van der Waals surface area contributed by atoms with Gasteiger partial charge in [-0.2, -0.15) is 4.68 Å². The van der Waals surface area contributed by atoms with Crippen LogP contribution in [0.15, 0.2) is 53.7 Å². The number of nitrogens with one attached hydrogen (secondary N) is 1. The van der Waals surface area contributed by atoms with E-state index in [4.69, 9.17) is 4.74 Å². The summed E-state index contributed by atoms with van der Waals surface area (Å²) in [7, 11) is 1.61. The second-order valence-electron chi connectivity index (χ2n) is 5.87. The number of benzene rings is 2. The van der Waals surface area contributed by atoms with E-state index in [0.29, 0.717) is 5.16 Å². The lowest BCUT2D eigenvalue weighted by molar-refractivity contribution is -0.115. The lowest BCUT2D eigenvalue weighted by Gasteiger charge is -2.12. The number of methoxy groups -OCH3 is 1. The molecular weight excluding hydrogens is 350 g/mol. The fraction of sp³-hybridized carbons (Fsp3) is 0.222. The van der Waals surface area contributed by atoms with Gasteiger partial charge in [0.15, 0.2) is 0 Å². The topological polar surface area (TPSA) is 81.9 Å². The Kier molecular flexibility index (Phi) is 4.57.